The van der Waals surface area contributed by atoms with Gasteiger partial charge in [-0.25, -0.2) is 4.21 Å². The van der Waals surface area contributed by atoms with Gasteiger partial charge in [-0.1, -0.05) is 19.1 Å². The number of para-hydroxylation sites is 1. The first-order valence-corrected chi connectivity index (χ1v) is 5.40. The molecule has 0 bridgehead atoms. The van der Waals surface area contributed by atoms with Crippen LogP contribution >= 0.6 is 0 Å². The van der Waals surface area contributed by atoms with Gasteiger partial charge in [-0.2, -0.15) is 0 Å². The molecule has 0 saturated heterocycles. The molecule has 13 heavy (non-hydrogen) atoms. The van der Waals surface area contributed by atoms with E-state index < -0.39 is 11.0 Å². The molecule has 0 fully saturated rings. The predicted octanol–water partition coefficient (Wildman–Crippen LogP) is 1.80. The molecule has 0 aromatic heterocycles. The maximum atomic E-state index is 11.2. The largest absolute Gasteiger partial charge is 0.506 e. The van der Waals surface area contributed by atoms with Gasteiger partial charge in [0.2, 0.25) is 0 Å². The molecular formula is C9H13NO2S. The van der Waals surface area contributed by atoms with E-state index in [9.17, 15) is 9.32 Å². The fraction of sp³-hybridized carbons (Fsp3) is 0.333. The molecule has 3 nitrogen and oxygen atoms in total. The number of nitrogens with one attached hydrogen (secondary N) is 1. The Morgan fingerprint density at radius 2 is 2.23 bits per heavy atom. The summed E-state index contributed by atoms with van der Waals surface area (Å²) in [4.78, 5) is 0. The monoisotopic (exact) mass is 199 g/mol. The van der Waals surface area contributed by atoms with Gasteiger partial charge in [0, 0.05) is 5.75 Å². The Morgan fingerprint density at radius 3 is 2.77 bits per heavy atom. The Morgan fingerprint density at radius 1 is 1.54 bits per heavy atom. The Bertz CT molecular complexity index is 305. The van der Waals surface area contributed by atoms with Crippen molar-refractivity contribution >= 4 is 16.7 Å². The quantitative estimate of drug-likeness (QED) is 0.729. The van der Waals surface area contributed by atoms with E-state index in [0.717, 1.165) is 5.56 Å². The zero-order valence-corrected chi connectivity index (χ0v) is 8.52. The van der Waals surface area contributed by atoms with Gasteiger partial charge in [-0.15, -0.1) is 0 Å². The minimum absolute atomic E-state index is 0.141. The molecule has 0 aliphatic carbocycles. The summed E-state index contributed by atoms with van der Waals surface area (Å²) in [6.07, 6.45) is 0. The van der Waals surface area contributed by atoms with Gasteiger partial charge >= 0.3 is 0 Å². The second-order valence-corrected chi connectivity index (χ2v) is 4.18. The summed E-state index contributed by atoms with van der Waals surface area (Å²) in [5.41, 5.74) is 1.45. The van der Waals surface area contributed by atoms with Crippen LogP contribution in [0.2, 0.25) is 0 Å². The molecule has 0 aliphatic rings. The van der Waals surface area contributed by atoms with Crippen LogP contribution in [0, 0.1) is 6.92 Å². The van der Waals surface area contributed by atoms with Crippen molar-refractivity contribution in [2.24, 2.45) is 0 Å². The molecule has 1 rings (SSSR count). The number of phenolic OH excluding ortho intramolecular Hbond substituents is 1. The maximum Gasteiger partial charge on any atom is 0.139 e. The molecule has 1 unspecified atom stereocenters. The molecule has 4 heteroatoms. The van der Waals surface area contributed by atoms with Crippen molar-refractivity contribution in [1.82, 2.24) is 0 Å². The molecule has 1 atom stereocenters. The fourth-order valence-electron chi connectivity index (χ4n) is 0.971. The summed E-state index contributed by atoms with van der Waals surface area (Å²) in [7, 11) is -1.11. The lowest BCUT2D eigenvalue weighted by Crippen LogP contribution is -2.07. The molecule has 1 aromatic carbocycles. The summed E-state index contributed by atoms with van der Waals surface area (Å²) in [6.45, 7) is 3.67. The first-order valence-electron chi connectivity index (χ1n) is 4.08. The van der Waals surface area contributed by atoms with Crippen molar-refractivity contribution in [1.29, 1.82) is 0 Å². The SMILES string of the molecule is CCS(=O)Nc1c(C)cccc1O. The minimum atomic E-state index is -1.11. The van der Waals surface area contributed by atoms with E-state index >= 15 is 0 Å². The van der Waals surface area contributed by atoms with Crippen molar-refractivity contribution in [2.75, 3.05) is 10.5 Å². The summed E-state index contributed by atoms with van der Waals surface area (Å²) in [6, 6.07) is 5.18. The van der Waals surface area contributed by atoms with Crippen LogP contribution in [0.25, 0.3) is 0 Å². The third kappa shape index (κ3) is 2.45. The van der Waals surface area contributed by atoms with Crippen LogP contribution in [-0.2, 0) is 11.0 Å². The lowest BCUT2D eigenvalue weighted by Gasteiger charge is -2.09. The van der Waals surface area contributed by atoms with Crippen molar-refractivity contribution < 1.29 is 9.32 Å². The zero-order chi connectivity index (χ0) is 9.84. The molecule has 0 aliphatic heterocycles. The molecular weight excluding hydrogens is 186 g/mol. The average molecular weight is 199 g/mol. The third-order valence-corrected chi connectivity index (χ3v) is 2.69. The topological polar surface area (TPSA) is 49.3 Å². The lowest BCUT2D eigenvalue weighted by atomic mass is 10.2. The van der Waals surface area contributed by atoms with Gasteiger partial charge in [0.05, 0.1) is 5.69 Å². The Labute approximate surface area is 80.4 Å². The van der Waals surface area contributed by atoms with E-state index in [2.05, 4.69) is 4.72 Å². The van der Waals surface area contributed by atoms with Crippen LogP contribution in [0.4, 0.5) is 5.69 Å². The third-order valence-electron chi connectivity index (χ3n) is 1.73. The maximum absolute atomic E-state index is 11.2. The predicted molar refractivity (Wildman–Crippen MR) is 55.1 cm³/mol. The second-order valence-electron chi connectivity index (χ2n) is 2.71. The molecule has 72 valence electrons. The van der Waals surface area contributed by atoms with Crippen LogP contribution in [0.3, 0.4) is 0 Å². The molecule has 0 saturated carbocycles. The van der Waals surface area contributed by atoms with Crippen molar-refractivity contribution in [3.8, 4) is 5.75 Å². The van der Waals surface area contributed by atoms with Gasteiger partial charge in [0.25, 0.3) is 0 Å². The summed E-state index contributed by atoms with van der Waals surface area (Å²) in [5.74, 6) is 0.662. The molecule has 0 amide bonds. The van der Waals surface area contributed by atoms with Crippen LogP contribution in [-0.4, -0.2) is 15.1 Å². The van der Waals surface area contributed by atoms with Crippen molar-refractivity contribution in [3.63, 3.8) is 0 Å². The Hall–Kier alpha value is -1.03. The van der Waals surface area contributed by atoms with Gasteiger partial charge in [0.15, 0.2) is 0 Å². The summed E-state index contributed by atoms with van der Waals surface area (Å²) in [5, 5.41) is 9.44. The number of anilines is 1. The fourth-order valence-corrected chi connectivity index (χ4v) is 1.61. The van der Waals surface area contributed by atoms with E-state index in [4.69, 9.17) is 0 Å². The normalized spacial score (nSPS) is 12.5. The second kappa shape index (κ2) is 4.28. The highest BCUT2D eigenvalue weighted by atomic mass is 32.2. The molecule has 0 heterocycles. The molecule has 1 aromatic rings. The van der Waals surface area contributed by atoms with Crippen molar-refractivity contribution in [3.05, 3.63) is 23.8 Å². The number of aryl methyl sites for hydroxylation is 1. The van der Waals surface area contributed by atoms with E-state index in [1.807, 2.05) is 19.9 Å². The Balaban J connectivity index is 2.93. The van der Waals surface area contributed by atoms with E-state index in [0.29, 0.717) is 11.4 Å². The Kier molecular flexibility index (Phi) is 3.31. The van der Waals surface area contributed by atoms with Crippen LogP contribution < -0.4 is 4.72 Å². The first kappa shape index (κ1) is 10.1. The summed E-state index contributed by atoms with van der Waals surface area (Å²) < 4.78 is 13.9. The number of rotatable bonds is 3. The number of phenols is 1. The van der Waals surface area contributed by atoms with Crippen molar-refractivity contribution in [2.45, 2.75) is 13.8 Å². The van der Waals surface area contributed by atoms with Crippen LogP contribution in [0.1, 0.15) is 12.5 Å². The number of benzene rings is 1. The van der Waals surface area contributed by atoms with Gasteiger partial charge in [-0.3, -0.25) is 0 Å². The van der Waals surface area contributed by atoms with E-state index in [1.54, 1.807) is 12.1 Å². The lowest BCUT2D eigenvalue weighted by molar-refractivity contribution is 0.477. The van der Waals surface area contributed by atoms with Crippen LogP contribution in [0.5, 0.6) is 5.75 Å². The smallest absolute Gasteiger partial charge is 0.139 e. The highest BCUT2D eigenvalue weighted by Gasteiger charge is 2.05. The highest BCUT2D eigenvalue weighted by Crippen LogP contribution is 2.26. The summed E-state index contributed by atoms with van der Waals surface area (Å²) >= 11 is 0. The standard InChI is InChI=1S/C9H13NO2S/c1-3-13(12)10-9-7(2)5-4-6-8(9)11/h4-6,10-11H,3H2,1-2H3. The van der Waals surface area contributed by atoms with E-state index in [-0.39, 0.29) is 5.75 Å². The van der Waals surface area contributed by atoms with Gasteiger partial charge in [-0.05, 0) is 18.6 Å². The minimum Gasteiger partial charge on any atom is -0.506 e. The number of hydrogen-bond donors (Lipinski definition) is 2. The number of hydrogen-bond acceptors (Lipinski definition) is 2. The van der Waals surface area contributed by atoms with Crippen LogP contribution in [0.15, 0.2) is 18.2 Å². The van der Waals surface area contributed by atoms with E-state index in [1.165, 1.54) is 0 Å². The average Bonchev–Trinajstić information content (AvgIpc) is 2.11. The highest BCUT2D eigenvalue weighted by molar-refractivity contribution is 7.86. The van der Waals surface area contributed by atoms with Gasteiger partial charge < -0.3 is 9.83 Å². The molecule has 0 spiro atoms. The number of aromatic hydroxyl groups is 1. The molecule has 2 N–H and O–H groups in total. The first-order chi connectivity index (χ1) is 6.15. The van der Waals surface area contributed by atoms with Gasteiger partial charge in [0.1, 0.15) is 16.7 Å². The molecule has 0 radical (unpaired) electrons. The zero-order valence-electron chi connectivity index (χ0n) is 7.70.